The fraction of sp³-hybridized carbons (Fsp3) is 0.667. The van der Waals surface area contributed by atoms with Crippen LogP contribution in [0.5, 0.6) is 11.5 Å². The molecule has 2 aliphatic rings. The first-order valence-electron chi connectivity index (χ1n) is 36.9. The van der Waals surface area contributed by atoms with Gasteiger partial charge in [-0.3, -0.25) is 29.3 Å². The molecule has 5 rings (SSSR count). The standard InChI is InChI=1S/C37H57N5O11.C24H37N5O7.C14H22N4O4/c1-36(2,3)52-33(44)25-30(40-35(46)53-37(4,5)6)10-8-9-15-51-31-12-11-27-22-28(24-32(43)47-7)34(45)42(26-29(27)23-31)14-17-49-19-21-50-20-18-48-16-13-39-41-38;1-32-23(30)17-20-15-19-3-4-22(36-8-2-5-25)16-21(19)18-29(24(20)31)7-10-34-12-14-35-13-11-33-9-6-27-28-26;1-13(2,3)21-11(19)16-10(18-9-7-8-15-18)17-12(20)22-14(4,5)6/h11-12,23,28H,8-10,13-22,24-26H2,1-7H3;3-4,16,20H,2,5-15,17-18,25H2,1H3;7-9H,1-6H3,(H,16,17,19,20)/t28-;20-;/m00./s1. The third kappa shape index (κ3) is 44.2. The zero-order valence-corrected chi connectivity index (χ0v) is 67.0. The maximum absolute atomic E-state index is 13.6. The molecule has 1 aromatic heterocycles. The average Bonchev–Trinajstić information content (AvgIpc) is 1.69. The number of nitrogens with two attached hydrogens (primary N) is 1. The second-order valence-corrected chi connectivity index (χ2v) is 29.0. The Hall–Kier alpha value is -9.51. The Kier molecular flexibility index (Phi) is 44.7. The van der Waals surface area contributed by atoms with Gasteiger partial charge < -0.3 is 81.8 Å². The number of alkyl carbamates (subject to hydrolysis) is 1. The number of carbonyl (C=O) groups is 8. The number of hydrogen-bond donors (Lipinski definition) is 2. The lowest BCUT2D eigenvalue weighted by Gasteiger charge is -2.24. The first-order valence-corrected chi connectivity index (χ1v) is 36.9. The van der Waals surface area contributed by atoms with Crippen LogP contribution in [-0.4, -0.2) is 241 Å². The van der Waals surface area contributed by atoms with E-state index in [1.54, 1.807) is 99.0 Å². The molecule has 0 bridgehead atoms. The lowest BCUT2D eigenvalue weighted by Crippen LogP contribution is -2.40. The number of unbranched alkanes of at least 4 members (excludes halogenated alkanes) is 1. The number of fused-ring (bicyclic) bond motifs is 2. The van der Waals surface area contributed by atoms with E-state index in [1.807, 2.05) is 36.4 Å². The van der Waals surface area contributed by atoms with E-state index in [-0.39, 0.29) is 50.2 Å². The summed E-state index contributed by atoms with van der Waals surface area (Å²) in [7, 11) is 2.63. The fourth-order valence-electron chi connectivity index (χ4n) is 10.2. The number of aliphatic imine (C=N–C) groups is 2. The molecule has 0 unspecified atom stereocenters. The number of benzene rings is 2. The number of rotatable bonds is 40. The van der Waals surface area contributed by atoms with Crippen LogP contribution in [0.2, 0.25) is 0 Å². The highest BCUT2D eigenvalue weighted by molar-refractivity contribution is 6.03. The number of nitrogens with one attached hydrogen (secondary N) is 1. The highest BCUT2D eigenvalue weighted by Crippen LogP contribution is 2.31. The third-order valence-electron chi connectivity index (χ3n) is 15.0. The molecule has 3 heterocycles. The quantitative estimate of drug-likeness (QED) is 0.00780. The minimum atomic E-state index is -0.839. The maximum atomic E-state index is 13.6. The molecule has 3 aromatic rings. The van der Waals surface area contributed by atoms with E-state index >= 15 is 0 Å². The van der Waals surface area contributed by atoms with Crippen molar-refractivity contribution in [2.45, 2.75) is 176 Å². The van der Waals surface area contributed by atoms with E-state index in [9.17, 15) is 38.4 Å². The van der Waals surface area contributed by atoms with Gasteiger partial charge in [-0.25, -0.2) is 19.1 Å². The summed E-state index contributed by atoms with van der Waals surface area (Å²) in [6.07, 6.45) is 3.77. The van der Waals surface area contributed by atoms with Crippen molar-refractivity contribution < 1.29 is 105 Å². The van der Waals surface area contributed by atoms with Crippen LogP contribution in [0.3, 0.4) is 0 Å². The molecule has 2 aromatic carbocycles. The average molecular weight is 1570 g/mol. The van der Waals surface area contributed by atoms with Crippen LogP contribution in [0.1, 0.15) is 150 Å². The molecule has 2 atom stereocenters. The van der Waals surface area contributed by atoms with Crippen molar-refractivity contribution in [3.63, 3.8) is 0 Å². The number of aromatic nitrogens is 2. The monoisotopic (exact) mass is 1560 g/mol. The molecule has 0 aliphatic carbocycles. The largest absolute Gasteiger partial charge is 0.494 e. The predicted octanol–water partition coefficient (Wildman–Crippen LogP) is 10.2. The van der Waals surface area contributed by atoms with Crippen molar-refractivity contribution in [3.8, 4) is 11.5 Å². The number of ether oxygens (including phenoxy) is 14. The Balaban J connectivity index is 0.000000472. The fourth-order valence-corrected chi connectivity index (χ4v) is 10.2. The molecule has 3 N–H and O–H groups in total. The molecule has 36 heteroatoms. The summed E-state index contributed by atoms with van der Waals surface area (Å²) < 4.78 is 76.6. The molecule has 0 saturated heterocycles. The molecule has 111 heavy (non-hydrogen) atoms. The molecule has 0 saturated carbocycles. The number of esters is 3. The normalized spacial score (nSPS) is 14.5. The van der Waals surface area contributed by atoms with Crippen molar-refractivity contribution in [3.05, 3.63) is 98.0 Å². The van der Waals surface area contributed by atoms with Gasteiger partial charge in [0.25, 0.3) is 0 Å². The molecule has 618 valence electrons. The van der Waals surface area contributed by atoms with Crippen molar-refractivity contribution in [1.29, 1.82) is 0 Å². The highest BCUT2D eigenvalue weighted by atomic mass is 16.6. The Morgan fingerprint density at radius 2 is 0.955 bits per heavy atom. The van der Waals surface area contributed by atoms with Gasteiger partial charge in [0.05, 0.1) is 138 Å². The van der Waals surface area contributed by atoms with E-state index in [2.05, 4.69) is 40.5 Å². The van der Waals surface area contributed by atoms with Crippen LogP contribution in [0.4, 0.5) is 14.4 Å². The summed E-state index contributed by atoms with van der Waals surface area (Å²) in [5.74, 6) is -1.39. The van der Waals surface area contributed by atoms with Gasteiger partial charge in [0, 0.05) is 67.2 Å². The summed E-state index contributed by atoms with van der Waals surface area (Å²) in [6, 6.07) is 13.1. The van der Waals surface area contributed by atoms with Crippen LogP contribution in [-0.2, 0) is 107 Å². The number of nitrogens with zero attached hydrogens (tertiary/aromatic N) is 12. The van der Waals surface area contributed by atoms with Crippen LogP contribution in [0.25, 0.3) is 20.9 Å². The summed E-state index contributed by atoms with van der Waals surface area (Å²) in [5.41, 5.74) is 23.5. The predicted molar refractivity (Wildman–Crippen MR) is 408 cm³/mol. The Bertz CT molecular complexity index is 3520. The zero-order valence-electron chi connectivity index (χ0n) is 67.0. The number of methoxy groups -OCH3 is 2. The molecule has 0 fully saturated rings. The summed E-state index contributed by atoms with van der Waals surface area (Å²) in [5, 5.41) is 13.1. The van der Waals surface area contributed by atoms with Gasteiger partial charge in [0.15, 0.2) is 0 Å². The van der Waals surface area contributed by atoms with E-state index in [1.165, 1.54) is 31.3 Å². The first kappa shape index (κ1) is 95.7. The summed E-state index contributed by atoms with van der Waals surface area (Å²) in [6.45, 7) is 28.7. The van der Waals surface area contributed by atoms with Gasteiger partial charge in [-0.15, -0.1) is 4.99 Å². The van der Waals surface area contributed by atoms with E-state index in [0.29, 0.717) is 169 Å². The molecule has 36 nitrogen and oxygen atoms in total. The molecular weight excluding hydrogens is 1450 g/mol. The highest BCUT2D eigenvalue weighted by Gasteiger charge is 2.34. The van der Waals surface area contributed by atoms with Gasteiger partial charge in [0.2, 0.25) is 17.8 Å². The number of amides is 5. The Morgan fingerprint density at radius 1 is 0.532 bits per heavy atom. The minimum Gasteiger partial charge on any atom is -0.494 e. The van der Waals surface area contributed by atoms with Gasteiger partial charge in [0.1, 0.15) is 33.9 Å². The Labute approximate surface area is 649 Å². The summed E-state index contributed by atoms with van der Waals surface area (Å²) >= 11 is 0. The molecule has 2 aliphatic heterocycles. The van der Waals surface area contributed by atoms with Crippen LogP contribution < -0.4 is 20.5 Å². The van der Waals surface area contributed by atoms with E-state index < -0.39 is 70.4 Å². The molecule has 0 spiro atoms. The van der Waals surface area contributed by atoms with Crippen molar-refractivity contribution in [1.82, 2.24) is 24.9 Å². The van der Waals surface area contributed by atoms with E-state index in [4.69, 9.17) is 83.1 Å². The van der Waals surface area contributed by atoms with Crippen LogP contribution in [0.15, 0.2) is 75.1 Å². The summed E-state index contributed by atoms with van der Waals surface area (Å²) in [4.78, 5) is 116. The van der Waals surface area contributed by atoms with Crippen LogP contribution in [0, 0.1) is 11.8 Å². The van der Waals surface area contributed by atoms with Gasteiger partial charge in [-0.05, 0) is 192 Å². The zero-order chi connectivity index (χ0) is 82.3. The minimum absolute atomic E-state index is 0.0274. The lowest BCUT2D eigenvalue weighted by molar-refractivity contribution is -0.153. The smallest absolute Gasteiger partial charge is 0.437 e. The van der Waals surface area contributed by atoms with Crippen molar-refractivity contribution >= 4 is 59.7 Å². The van der Waals surface area contributed by atoms with Crippen molar-refractivity contribution in [2.24, 2.45) is 37.8 Å². The lowest BCUT2D eigenvalue weighted by atomic mass is 9.94. The molecule has 0 radical (unpaired) electrons. The third-order valence-corrected chi connectivity index (χ3v) is 15.0. The molecular formula is C75H116N14O22. The molecule has 5 amide bonds. The Morgan fingerprint density at radius 3 is 1.36 bits per heavy atom. The van der Waals surface area contributed by atoms with Gasteiger partial charge in [-0.1, -0.05) is 22.4 Å². The van der Waals surface area contributed by atoms with Crippen molar-refractivity contribution in [2.75, 3.05) is 139 Å². The first-order chi connectivity index (χ1) is 52.6. The second kappa shape index (κ2) is 51.9. The van der Waals surface area contributed by atoms with Gasteiger partial charge in [-0.2, -0.15) is 10.1 Å². The van der Waals surface area contributed by atoms with Crippen LogP contribution >= 0.6 is 0 Å². The second-order valence-electron chi connectivity index (χ2n) is 29.0. The SMILES string of the molecule is CC(C)(C)OC(=O)N=C(NC(=O)OC(C)(C)C)n1cccn1.COC(=O)C[C@@H]1Cc2ccc(OCCCCC(CC(=O)OC(C)(C)C)=NC(=O)OC(C)(C)C)cc2CN(CCOCCOCCOCCN=[N+]=[N-])C1=O.COC(=O)C[C@@H]1Cc2ccc(OCCCN)cc2CN(CCOCCOCCOCCN=[N+]=[N-])C1=O. The number of hydrogen-bond acceptors (Lipinski definition) is 26. The topological polar surface area (TPSA) is 450 Å². The van der Waals surface area contributed by atoms with E-state index in [0.717, 1.165) is 34.4 Å². The number of azide groups is 2. The van der Waals surface area contributed by atoms with Gasteiger partial charge >= 0.3 is 36.2 Å². The number of carbonyl (C=O) groups excluding carboxylic acids is 8. The maximum Gasteiger partial charge on any atom is 0.437 e.